The van der Waals surface area contributed by atoms with E-state index in [1.165, 1.54) is 17.7 Å². The normalized spacial score (nSPS) is 19.1. The van der Waals surface area contributed by atoms with Crippen molar-refractivity contribution in [3.63, 3.8) is 0 Å². The molecule has 150 valence electrons. The lowest BCUT2D eigenvalue weighted by Crippen LogP contribution is -2.13. The van der Waals surface area contributed by atoms with E-state index in [1.54, 1.807) is 25.3 Å². The van der Waals surface area contributed by atoms with Crippen LogP contribution in [0.3, 0.4) is 0 Å². The highest BCUT2D eigenvalue weighted by atomic mass is 19.1. The van der Waals surface area contributed by atoms with Gasteiger partial charge in [0.05, 0.1) is 17.7 Å². The van der Waals surface area contributed by atoms with Crippen molar-refractivity contribution in [2.24, 2.45) is 5.92 Å². The van der Waals surface area contributed by atoms with Gasteiger partial charge >= 0.3 is 5.97 Å². The Bertz CT molecular complexity index is 907. The molecule has 4 nitrogen and oxygen atoms in total. The summed E-state index contributed by atoms with van der Waals surface area (Å²) in [5.74, 6) is -0.0628. The SMILES string of the molecule is COCC=C[C@H]1CC[C@H](c2ccc(C(=O)Oc3ccc(C#N)c(F)c3)cc2)CC1. The summed E-state index contributed by atoms with van der Waals surface area (Å²) < 4.78 is 23.9. The number of allylic oxidation sites excluding steroid dienone is 1. The summed E-state index contributed by atoms with van der Waals surface area (Å²) in [7, 11) is 1.70. The van der Waals surface area contributed by atoms with Gasteiger partial charge in [0.1, 0.15) is 17.6 Å². The quantitative estimate of drug-likeness (QED) is 0.375. The van der Waals surface area contributed by atoms with Crippen molar-refractivity contribution in [3.05, 3.63) is 77.1 Å². The molecule has 1 aliphatic carbocycles. The van der Waals surface area contributed by atoms with Gasteiger partial charge in [-0.2, -0.15) is 5.26 Å². The van der Waals surface area contributed by atoms with E-state index in [1.807, 2.05) is 12.1 Å². The summed E-state index contributed by atoms with van der Waals surface area (Å²) in [6, 6.07) is 12.9. The number of halogens is 1. The predicted octanol–water partition coefficient (Wildman–Crippen LogP) is 5.39. The molecule has 2 aromatic rings. The van der Waals surface area contributed by atoms with Crippen LogP contribution < -0.4 is 4.74 Å². The third kappa shape index (κ3) is 5.52. The summed E-state index contributed by atoms with van der Waals surface area (Å²) in [4.78, 5) is 12.3. The van der Waals surface area contributed by atoms with Crippen LogP contribution in [0.15, 0.2) is 54.6 Å². The minimum atomic E-state index is -0.708. The lowest BCUT2D eigenvalue weighted by atomic mass is 9.78. The molecule has 29 heavy (non-hydrogen) atoms. The molecule has 2 aromatic carbocycles. The fourth-order valence-electron chi connectivity index (χ4n) is 3.70. The molecular weight excluding hydrogens is 369 g/mol. The molecule has 0 unspecified atom stereocenters. The van der Waals surface area contributed by atoms with Gasteiger partial charge in [0.25, 0.3) is 0 Å². The fourth-order valence-corrected chi connectivity index (χ4v) is 3.70. The summed E-state index contributed by atoms with van der Waals surface area (Å²) >= 11 is 0. The Kier molecular flexibility index (Phi) is 7.15. The lowest BCUT2D eigenvalue weighted by Gasteiger charge is -2.27. The van der Waals surface area contributed by atoms with Crippen molar-refractivity contribution >= 4 is 5.97 Å². The third-order valence-electron chi connectivity index (χ3n) is 5.33. The molecule has 0 spiro atoms. The highest BCUT2D eigenvalue weighted by Crippen LogP contribution is 2.36. The van der Waals surface area contributed by atoms with Gasteiger partial charge in [0.2, 0.25) is 0 Å². The van der Waals surface area contributed by atoms with Gasteiger partial charge in [0.15, 0.2) is 0 Å². The first kappa shape index (κ1) is 20.8. The molecule has 1 fully saturated rings. The highest BCUT2D eigenvalue weighted by molar-refractivity contribution is 5.91. The Balaban J connectivity index is 1.57. The Morgan fingerprint density at radius 2 is 1.90 bits per heavy atom. The van der Waals surface area contributed by atoms with Crippen LogP contribution in [-0.2, 0) is 4.74 Å². The molecular formula is C24H24FNO3. The Hall–Kier alpha value is -2.97. The number of carbonyl (C=O) groups excluding carboxylic acids is 1. The molecule has 0 radical (unpaired) electrons. The molecule has 0 atom stereocenters. The lowest BCUT2D eigenvalue weighted by molar-refractivity contribution is 0.0734. The number of ether oxygens (including phenoxy) is 2. The molecule has 0 aliphatic heterocycles. The van der Waals surface area contributed by atoms with Crippen LogP contribution in [0.25, 0.3) is 0 Å². The maximum Gasteiger partial charge on any atom is 0.343 e. The second-order valence-electron chi connectivity index (χ2n) is 7.26. The van der Waals surface area contributed by atoms with Crippen LogP contribution in [-0.4, -0.2) is 19.7 Å². The van der Waals surface area contributed by atoms with Gasteiger partial charge in [-0.05, 0) is 67.3 Å². The van der Waals surface area contributed by atoms with Gasteiger partial charge in [-0.25, -0.2) is 9.18 Å². The van der Waals surface area contributed by atoms with Crippen molar-refractivity contribution in [1.29, 1.82) is 5.26 Å². The second kappa shape index (κ2) is 9.99. The number of nitriles is 1. The van der Waals surface area contributed by atoms with Crippen molar-refractivity contribution in [2.45, 2.75) is 31.6 Å². The number of esters is 1. The van der Waals surface area contributed by atoms with E-state index < -0.39 is 11.8 Å². The summed E-state index contributed by atoms with van der Waals surface area (Å²) in [6.07, 6.45) is 8.89. The maximum atomic E-state index is 13.7. The molecule has 0 aromatic heterocycles. The molecule has 0 N–H and O–H groups in total. The first-order chi connectivity index (χ1) is 14.1. The van der Waals surface area contributed by atoms with E-state index in [0.717, 1.165) is 31.7 Å². The molecule has 5 heteroatoms. The Morgan fingerprint density at radius 3 is 2.52 bits per heavy atom. The Labute approximate surface area is 170 Å². The molecule has 0 saturated heterocycles. The summed E-state index contributed by atoms with van der Waals surface area (Å²) in [5.41, 5.74) is 1.55. The van der Waals surface area contributed by atoms with Gasteiger partial charge < -0.3 is 9.47 Å². The standard InChI is InChI=1S/C24H24FNO3/c1-28-14-2-3-17-4-6-18(7-5-17)19-8-10-20(11-9-19)24(27)29-22-13-12-21(16-26)23(25)15-22/h2-3,8-13,15,17-18H,4-7,14H2,1H3/t17-,18-. The van der Waals surface area contributed by atoms with Crippen LogP contribution in [0.1, 0.15) is 53.1 Å². The average Bonchev–Trinajstić information content (AvgIpc) is 2.75. The number of hydrogen-bond acceptors (Lipinski definition) is 4. The maximum absolute atomic E-state index is 13.7. The molecule has 1 saturated carbocycles. The van der Waals surface area contributed by atoms with Gasteiger partial charge in [-0.15, -0.1) is 0 Å². The van der Waals surface area contributed by atoms with E-state index in [9.17, 15) is 9.18 Å². The molecule has 1 aliphatic rings. The van der Waals surface area contributed by atoms with E-state index in [-0.39, 0.29) is 11.3 Å². The zero-order valence-corrected chi connectivity index (χ0v) is 16.4. The van der Waals surface area contributed by atoms with Crippen LogP contribution in [0, 0.1) is 23.1 Å². The predicted molar refractivity (Wildman–Crippen MR) is 108 cm³/mol. The first-order valence-electron chi connectivity index (χ1n) is 9.78. The van der Waals surface area contributed by atoms with Crippen LogP contribution >= 0.6 is 0 Å². The highest BCUT2D eigenvalue weighted by Gasteiger charge is 2.21. The molecule has 0 bridgehead atoms. The minimum absolute atomic E-state index is 0.0791. The van der Waals surface area contributed by atoms with Crippen LogP contribution in [0.2, 0.25) is 0 Å². The zero-order chi connectivity index (χ0) is 20.6. The summed E-state index contributed by atoms with van der Waals surface area (Å²) in [5, 5.41) is 8.76. The minimum Gasteiger partial charge on any atom is -0.423 e. The second-order valence-corrected chi connectivity index (χ2v) is 7.26. The van der Waals surface area contributed by atoms with E-state index in [4.69, 9.17) is 14.7 Å². The van der Waals surface area contributed by atoms with Crippen molar-refractivity contribution in [3.8, 4) is 11.8 Å². The molecule has 0 heterocycles. The molecule has 0 amide bonds. The van der Waals surface area contributed by atoms with Gasteiger partial charge in [-0.3, -0.25) is 0 Å². The van der Waals surface area contributed by atoms with E-state index in [2.05, 4.69) is 12.2 Å². The number of methoxy groups -OCH3 is 1. The zero-order valence-electron chi connectivity index (χ0n) is 16.4. The van der Waals surface area contributed by atoms with E-state index >= 15 is 0 Å². The Morgan fingerprint density at radius 1 is 1.17 bits per heavy atom. The van der Waals surface area contributed by atoms with Crippen molar-refractivity contribution in [2.75, 3.05) is 13.7 Å². The van der Waals surface area contributed by atoms with E-state index in [0.29, 0.717) is 24.0 Å². The van der Waals surface area contributed by atoms with Crippen LogP contribution in [0.5, 0.6) is 5.75 Å². The fraction of sp³-hybridized carbons (Fsp3) is 0.333. The average molecular weight is 393 g/mol. The number of carbonyl (C=O) groups is 1. The monoisotopic (exact) mass is 393 g/mol. The largest absolute Gasteiger partial charge is 0.423 e. The van der Waals surface area contributed by atoms with Gasteiger partial charge in [-0.1, -0.05) is 24.3 Å². The molecule has 3 rings (SSSR count). The summed E-state index contributed by atoms with van der Waals surface area (Å²) in [6.45, 7) is 0.659. The third-order valence-corrected chi connectivity index (χ3v) is 5.33. The number of rotatable bonds is 6. The number of benzene rings is 2. The van der Waals surface area contributed by atoms with Crippen molar-refractivity contribution in [1.82, 2.24) is 0 Å². The topological polar surface area (TPSA) is 59.3 Å². The smallest absolute Gasteiger partial charge is 0.343 e. The first-order valence-corrected chi connectivity index (χ1v) is 9.78. The van der Waals surface area contributed by atoms with Gasteiger partial charge in [0, 0.05) is 13.2 Å². The van der Waals surface area contributed by atoms with Crippen LogP contribution in [0.4, 0.5) is 4.39 Å². The van der Waals surface area contributed by atoms with Crippen molar-refractivity contribution < 1.29 is 18.7 Å². The number of hydrogen-bond donors (Lipinski definition) is 0. The number of nitrogens with zero attached hydrogens (tertiary/aromatic N) is 1.